The molecule has 3 nitrogen and oxygen atoms in total. The number of hydrogen-bond donors (Lipinski definition) is 1. The maximum absolute atomic E-state index is 11.6. The van der Waals surface area contributed by atoms with E-state index in [-0.39, 0.29) is 24.4 Å². The van der Waals surface area contributed by atoms with Crippen LogP contribution in [0.4, 0.5) is 0 Å². The fraction of sp³-hybridized carbons (Fsp3) is 0.357. The predicted octanol–water partition coefficient (Wildman–Crippen LogP) is 3.52. The Morgan fingerprint density at radius 3 is 2.67 bits per heavy atom. The van der Waals surface area contributed by atoms with Crippen molar-refractivity contribution in [2.24, 2.45) is 5.73 Å². The smallest absolute Gasteiger partial charge is 0.227 e. The van der Waals surface area contributed by atoms with Crippen LogP contribution in [0.1, 0.15) is 43.1 Å². The number of fused-ring (bicyclic) bond motifs is 1. The van der Waals surface area contributed by atoms with E-state index in [9.17, 15) is 4.79 Å². The highest BCUT2D eigenvalue weighted by Crippen LogP contribution is 2.27. The van der Waals surface area contributed by atoms with Crippen molar-refractivity contribution >= 4 is 29.2 Å². The van der Waals surface area contributed by atoms with Crippen molar-refractivity contribution in [3.8, 4) is 0 Å². The molecule has 0 fully saturated rings. The molecular formula is C14H19ClN2O. The first-order chi connectivity index (χ1) is 8.15. The molecule has 1 heterocycles. The Hall–Kier alpha value is -1.32. The highest BCUT2D eigenvalue weighted by molar-refractivity contribution is 5.93. The molecule has 0 saturated carbocycles. The lowest BCUT2D eigenvalue weighted by Crippen LogP contribution is -2.09. The lowest BCUT2D eigenvalue weighted by atomic mass is 10.0. The summed E-state index contributed by atoms with van der Waals surface area (Å²) in [5.41, 5.74) is 8.17. The zero-order chi connectivity index (χ0) is 12.4. The SMILES string of the molecule is CCC[C@@H](N)c1cn(C(C)=O)c2ccccc12.Cl. The lowest BCUT2D eigenvalue weighted by Gasteiger charge is -2.08. The van der Waals surface area contributed by atoms with Crippen LogP contribution in [0.5, 0.6) is 0 Å². The highest BCUT2D eigenvalue weighted by atomic mass is 35.5. The number of nitrogens with two attached hydrogens (primary N) is 1. The highest BCUT2D eigenvalue weighted by Gasteiger charge is 2.15. The third kappa shape index (κ3) is 2.57. The van der Waals surface area contributed by atoms with E-state index in [1.54, 1.807) is 11.5 Å². The average molecular weight is 267 g/mol. The Morgan fingerprint density at radius 2 is 2.06 bits per heavy atom. The van der Waals surface area contributed by atoms with E-state index in [4.69, 9.17) is 5.73 Å². The molecule has 4 heteroatoms. The van der Waals surface area contributed by atoms with Gasteiger partial charge in [-0.3, -0.25) is 9.36 Å². The van der Waals surface area contributed by atoms with Crippen LogP contribution in [0.3, 0.4) is 0 Å². The van der Waals surface area contributed by atoms with Gasteiger partial charge in [0.1, 0.15) is 0 Å². The Bertz CT molecular complexity index is 548. The molecule has 0 aliphatic rings. The molecule has 1 aromatic heterocycles. The van der Waals surface area contributed by atoms with Gasteiger partial charge in [0.2, 0.25) is 5.91 Å². The largest absolute Gasteiger partial charge is 0.324 e. The summed E-state index contributed by atoms with van der Waals surface area (Å²) in [6.07, 6.45) is 3.86. The zero-order valence-corrected chi connectivity index (χ0v) is 11.5. The molecule has 2 rings (SSSR count). The summed E-state index contributed by atoms with van der Waals surface area (Å²) in [5.74, 6) is 0.0242. The summed E-state index contributed by atoms with van der Waals surface area (Å²) in [6.45, 7) is 3.69. The van der Waals surface area contributed by atoms with E-state index < -0.39 is 0 Å². The van der Waals surface area contributed by atoms with Crippen LogP contribution in [0.2, 0.25) is 0 Å². The average Bonchev–Trinajstić information content (AvgIpc) is 2.69. The van der Waals surface area contributed by atoms with Crippen LogP contribution in [-0.2, 0) is 0 Å². The van der Waals surface area contributed by atoms with E-state index in [1.807, 2.05) is 30.5 Å². The number of rotatable bonds is 3. The normalized spacial score (nSPS) is 12.2. The molecule has 0 unspecified atom stereocenters. The summed E-state index contributed by atoms with van der Waals surface area (Å²) in [7, 11) is 0. The summed E-state index contributed by atoms with van der Waals surface area (Å²) in [6, 6.07) is 7.91. The zero-order valence-electron chi connectivity index (χ0n) is 10.7. The third-order valence-electron chi connectivity index (χ3n) is 3.08. The number of carbonyl (C=O) groups is 1. The Labute approximate surface area is 113 Å². The first-order valence-corrected chi connectivity index (χ1v) is 6.01. The van der Waals surface area contributed by atoms with Crippen molar-refractivity contribution in [3.63, 3.8) is 0 Å². The lowest BCUT2D eigenvalue weighted by molar-refractivity contribution is 0.0941. The second-order valence-electron chi connectivity index (χ2n) is 4.39. The quantitative estimate of drug-likeness (QED) is 0.924. The van der Waals surface area contributed by atoms with Gasteiger partial charge in [0.05, 0.1) is 5.52 Å². The van der Waals surface area contributed by atoms with Crippen molar-refractivity contribution < 1.29 is 4.79 Å². The maximum Gasteiger partial charge on any atom is 0.227 e. The molecule has 2 N–H and O–H groups in total. The van der Waals surface area contributed by atoms with E-state index >= 15 is 0 Å². The van der Waals surface area contributed by atoms with Crippen molar-refractivity contribution in [2.45, 2.75) is 32.7 Å². The Kier molecular flexibility index (Phi) is 4.93. The number of aromatic nitrogens is 1. The van der Waals surface area contributed by atoms with Gasteiger partial charge in [0.15, 0.2) is 0 Å². The molecular weight excluding hydrogens is 248 g/mol. The van der Waals surface area contributed by atoms with Gasteiger partial charge in [-0.1, -0.05) is 31.5 Å². The molecule has 18 heavy (non-hydrogen) atoms. The number of hydrogen-bond acceptors (Lipinski definition) is 2. The first-order valence-electron chi connectivity index (χ1n) is 6.01. The fourth-order valence-electron chi connectivity index (χ4n) is 2.23. The van der Waals surface area contributed by atoms with Gasteiger partial charge in [0.25, 0.3) is 0 Å². The first kappa shape index (κ1) is 14.7. The molecule has 0 spiro atoms. The Morgan fingerprint density at radius 1 is 1.39 bits per heavy atom. The van der Waals surface area contributed by atoms with Crippen LogP contribution in [0, 0.1) is 0 Å². The van der Waals surface area contributed by atoms with E-state index in [2.05, 4.69) is 6.92 Å². The number of benzene rings is 1. The van der Waals surface area contributed by atoms with Crippen LogP contribution in [0.15, 0.2) is 30.5 Å². The van der Waals surface area contributed by atoms with Gasteiger partial charge in [-0.05, 0) is 18.1 Å². The van der Waals surface area contributed by atoms with Crippen LogP contribution >= 0.6 is 12.4 Å². The minimum Gasteiger partial charge on any atom is -0.324 e. The minimum atomic E-state index is 0. The molecule has 0 saturated heterocycles. The molecule has 1 atom stereocenters. The number of nitrogens with zero attached hydrogens (tertiary/aromatic N) is 1. The second kappa shape index (κ2) is 6.03. The third-order valence-corrected chi connectivity index (χ3v) is 3.08. The summed E-state index contributed by atoms with van der Waals surface area (Å²) in [4.78, 5) is 11.6. The predicted molar refractivity (Wildman–Crippen MR) is 77.3 cm³/mol. The van der Waals surface area contributed by atoms with E-state index in [0.717, 1.165) is 29.3 Å². The number of carbonyl (C=O) groups excluding carboxylic acids is 1. The minimum absolute atomic E-state index is 0. The molecule has 0 radical (unpaired) electrons. The topological polar surface area (TPSA) is 48.0 Å². The van der Waals surface area contributed by atoms with Crippen LogP contribution < -0.4 is 5.73 Å². The van der Waals surface area contributed by atoms with Gasteiger partial charge in [-0.2, -0.15) is 0 Å². The van der Waals surface area contributed by atoms with Gasteiger partial charge in [0, 0.05) is 24.5 Å². The van der Waals surface area contributed by atoms with Crippen molar-refractivity contribution in [2.75, 3.05) is 0 Å². The van der Waals surface area contributed by atoms with E-state index in [1.165, 1.54) is 0 Å². The molecule has 0 bridgehead atoms. The van der Waals surface area contributed by atoms with Crippen molar-refractivity contribution in [1.82, 2.24) is 4.57 Å². The maximum atomic E-state index is 11.6. The van der Waals surface area contributed by atoms with Crippen LogP contribution in [0.25, 0.3) is 10.9 Å². The Balaban J connectivity index is 0.00000162. The van der Waals surface area contributed by atoms with Gasteiger partial charge in [-0.15, -0.1) is 12.4 Å². The van der Waals surface area contributed by atoms with Crippen molar-refractivity contribution in [1.29, 1.82) is 0 Å². The van der Waals surface area contributed by atoms with Gasteiger partial charge in [-0.25, -0.2) is 0 Å². The fourth-order valence-corrected chi connectivity index (χ4v) is 2.23. The second-order valence-corrected chi connectivity index (χ2v) is 4.39. The van der Waals surface area contributed by atoms with Gasteiger partial charge < -0.3 is 5.73 Å². The summed E-state index contributed by atoms with van der Waals surface area (Å²) >= 11 is 0. The monoisotopic (exact) mass is 266 g/mol. The molecule has 98 valence electrons. The van der Waals surface area contributed by atoms with Crippen molar-refractivity contribution in [3.05, 3.63) is 36.0 Å². The summed E-state index contributed by atoms with van der Waals surface area (Å²) < 4.78 is 1.68. The molecule has 0 amide bonds. The molecule has 2 aromatic rings. The number of halogens is 1. The van der Waals surface area contributed by atoms with Crippen LogP contribution in [-0.4, -0.2) is 10.5 Å². The standard InChI is InChI=1S/C14H18N2O.ClH/c1-3-6-13(15)12-9-16(10(2)17)14-8-5-4-7-11(12)14;/h4-5,7-9,13H,3,6,15H2,1-2H3;1H/t13-;/m1./s1. The molecule has 0 aliphatic carbocycles. The molecule has 0 aliphatic heterocycles. The van der Waals surface area contributed by atoms with E-state index in [0.29, 0.717) is 0 Å². The number of para-hydroxylation sites is 1. The molecule has 1 aromatic carbocycles. The summed E-state index contributed by atoms with van der Waals surface area (Å²) in [5, 5.41) is 1.09. The van der Waals surface area contributed by atoms with Gasteiger partial charge >= 0.3 is 0 Å².